The first kappa shape index (κ1) is 13.7. The average molecular weight is 264 g/mol. The molecular weight excluding hydrogens is 244 g/mol. The number of nitrogens with one attached hydrogen (secondary N) is 1. The van der Waals surface area contributed by atoms with Gasteiger partial charge < -0.3 is 10.2 Å². The van der Waals surface area contributed by atoms with Crippen LogP contribution in [-0.4, -0.2) is 36.1 Å². The van der Waals surface area contributed by atoms with Crippen LogP contribution in [0.5, 0.6) is 0 Å². The molecule has 1 aromatic heterocycles. The molecule has 0 amide bonds. The highest BCUT2D eigenvalue weighted by Gasteiger charge is 2.28. The Labute approximate surface area is 113 Å². The van der Waals surface area contributed by atoms with Crippen LogP contribution in [0.2, 0.25) is 0 Å². The Balaban J connectivity index is 2.24. The molecule has 1 saturated heterocycles. The number of nitro groups is 1. The van der Waals surface area contributed by atoms with Crippen LogP contribution in [0.15, 0.2) is 18.3 Å². The molecule has 19 heavy (non-hydrogen) atoms. The number of piperidine rings is 1. The summed E-state index contributed by atoms with van der Waals surface area (Å²) in [7, 11) is 1.93. The number of aromatic nitrogens is 1. The molecule has 1 aliphatic rings. The number of hydrogen-bond donors (Lipinski definition) is 1. The van der Waals surface area contributed by atoms with E-state index in [-0.39, 0.29) is 10.6 Å². The highest BCUT2D eigenvalue weighted by atomic mass is 16.6. The molecule has 1 N–H and O–H groups in total. The van der Waals surface area contributed by atoms with E-state index in [4.69, 9.17) is 0 Å². The van der Waals surface area contributed by atoms with Crippen molar-refractivity contribution in [3.63, 3.8) is 0 Å². The average Bonchev–Trinajstić information content (AvgIpc) is 2.45. The molecule has 1 aromatic rings. The van der Waals surface area contributed by atoms with Crippen LogP contribution in [0.3, 0.4) is 0 Å². The van der Waals surface area contributed by atoms with Gasteiger partial charge in [0.15, 0.2) is 0 Å². The third-order valence-corrected chi connectivity index (χ3v) is 3.59. The molecule has 1 unspecified atom stereocenters. The van der Waals surface area contributed by atoms with Gasteiger partial charge in [0, 0.05) is 24.8 Å². The predicted molar refractivity (Wildman–Crippen MR) is 74.4 cm³/mol. The van der Waals surface area contributed by atoms with E-state index in [1.54, 1.807) is 12.3 Å². The minimum absolute atomic E-state index is 0.110. The van der Waals surface area contributed by atoms with E-state index >= 15 is 0 Å². The zero-order chi connectivity index (χ0) is 13.7. The van der Waals surface area contributed by atoms with Crippen LogP contribution in [0, 0.1) is 10.1 Å². The third kappa shape index (κ3) is 3.20. The van der Waals surface area contributed by atoms with Crippen LogP contribution in [0.25, 0.3) is 0 Å². The van der Waals surface area contributed by atoms with Gasteiger partial charge in [-0.15, -0.1) is 0 Å². The summed E-state index contributed by atoms with van der Waals surface area (Å²) in [5.74, 6) is 0.522. The van der Waals surface area contributed by atoms with E-state index in [9.17, 15) is 10.1 Å². The number of nitrogens with zero attached hydrogens (tertiary/aromatic N) is 3. The van der Waals surface area contributed by atoms with Crippen molar-refractivity contribution in [3.05, 3.63) is 28.4 Å². The highest BCUT2D eigenvalue weighted by molar-refractivity contribution is 5.58. The van der Waals surface area contributed by atoms with Gasteiger partial charge in [-0.25, -0.2) is 4.98 Å². The van der Waals surface area contributed by atoms with Gasteiger partial charge >= 0.3 is 5.69 Å². The molecule has 2 heterocycles. The second-order valence-electron chi connectivity index (χ2n) is 4.84. The van der Waals surface area contributed by atoms with Crippen LogP contribution in [0.4, 0.5) is 11.5 Å². The van der Waals surface area contributed by atoms with Crippen LogP contribution >= 0.6 is 0 Å². The number of hydrogen-bond acceptors (Lipinski definition) is 5. The molecule has 0 aromatic carbocycles. The molecule has 1 atom stereocenters. The summed E-state index contributed by atoms with van der Waals surface area (Å²) in [6.45, 7) is 1.77. The molecule has 0 aliphatic carbocycles. The fraction of sp³-hybridized carbons (Fsp3) is 0.615. The van der Waals surface area contributed by atoms with Crippen molar-refractivity contribution in [1.29, 1.82) is 0 Å². The fourth-order valence-electron chi connectivity index (χ4n) is 2.64. The second-order valence-corrected chi connectivity index (χ2v) is 4.84. The number of anilines is 1. The maximum absolute atomic E-state index is 11.1. The lowest BCUT2D eigenvalue weighted by Crippen LogP contribution is -2.41. The summed E-state index contributed by atoms with van der Waals surface area (Å²) in [6, 6.07) is 3.50. The molecule has 104 valence electrons. The summed E-state index contributed by atoms with van der Waals surface area (Å²) < 4.78 is 0. The van der Waals surface area contributed by atoms with E-state index < -0.39 is 0 Å². The lowest BCUT2D eigenvalue weighted by molar-refractivity contribution is -0.384. The first-order valence-electron chi connectivity index (χ1n) is 6.74. The Morgan fingerprint density at radius 3 is 3.16 bits per heavy atom. The maximum atomic E-state index is 11.1. The minimum Gasteiger partial charge on any atom is -0.348 e. The quantitative estimate of drug-likeness (QED) is 0.650. The summed E-state index contributed by atoms with van der Waals surface area (Å²) in [6.07, 6.45) is 5.96. The summed E-state index contributed by atoms with van der Waals surface area (Å²) in [5, 5.41) is 14.3. The third-order valence-electron chi connectivity index (χ3n) is 3.59. The molecule has 0 saturated carbocycles. The van der Waals surface area contributed by atoms with Crippen molar-refractivity contribution in [2.24, 2.45) is 0 Å². The fourth-order valence-corrected chi connectivity index (χ4v) is 2.64. The van der Waals surface area contributed by atoms with Crippen molar-refractivity contribution in [3.8, 4) is 0 Å². The van der Waals surface area contributed by atoms with Crippen molar-refractivity contribution in [1.82, 2.24) is 10.3 Å². The molecular formula is C13H20N4O2. The van der Waals surface area contributed by atoms with E-state index in [1.807, 2.05) is 7.05 Å². The Kier molecular flexibility index (Phi) is 4.68. The van der Waals surface area contributed by atoms with E-state index in [1.165, 1.54) is 12.5 Å². The Morgan fingerprint density at radius 1 is 1.58 bits per heavy atom. The van der Waals surface area contributed by atoms with Crippen molar-refractivity contribution in [2.45, 2.75) is 31.7 Å². The zero-order valence-electron chi connectivity index (χ0n) is 11.2. The van der Waals surface area contributed by atoms with Gasteiger partial charge in [-0.3, -0.25) is 10.1 Å². The Hall–Kier alpha value is -1.69. The smallest absolute Gasteiger partial charge is 0.311 e. The normalized spacial score (nSPS) is 19.4. The Bertz CT molecular complexity index is 438. The molecule has 2 rings (SSSR count). The van der Waals surface area contributed by atoms with E-state index in [0.29, 0.717) is 11.9 Å². The van der Waals surface area contributed by atoms with Crippen LogP contribution < -0.4 is 10.2 Å². The first-order valence-corrected chi connectivity index (χ1v) is 6.74. The van der Waals surface area contributed by atoms with Crippen molar-refractivity contribution < 1.29 is 4.92 Å². The molecule has 1 aliphatic heterocycles. The minimum atomic E-state index is -0.341. The van der Waals surface area contributed by atoms with E-state index in [0.717, 1.165) is 32.4 Å². The summed E-state index contributed by atoms with van der Waals surface area (Å²) in [4.78, 5) is 17.1. The van der Waals surface area contributed by atoms with Gasteiger partial charge in [0.1, 0.15) is 0 Å². The molecule has 6 nitrogen and oxygen atoms in total. The summed E-state index contributed by atoms with van der Waals surface area (Å²) in [5.41, 5.74) is 0.110. The highest BCUT2D eigenvalue weighted by Crippen LogP contribution is 2.31. The monoisotopic (exact) mass is 264 g/mol. The first-order chi connectivity index (χ1) is 9.24. The van der Waals surface area contributed by atoms with Gasteiger partial charge in [0.2, 0.25) is 5.82 Å². The van der Waals surface area contributed by atoms with Crippen molar-refractivity contribution in [2.75, 3.05) is 25.0 Å². The van der Waals surface area contributed by atoms with Gasteiger partial charge in [-0.2, -0.15) is 0 Å². The number of pyridine rings is 1. The zero-order valence-corrected chi connectivity index (χ0v) is 11.2. The number of rotatable bonds is 5. The standard InChI is InChI=1S/C13H20N4O2/c1-14-9-7-11-5-2-3-10-16(11)13-12(17(18)19)6-4-8-15-13/h4,6,8,11,14H,2-3,5,7,9-10H2,1H3. The lowest BCUT2D eigenvalue weighted by atomic mass is 9.99. The van der Waals surface area contributed by atoms with Gasteiger partial charge in [0.25, 0.3) is 0 Å². The topological polar surface area (TPSA) is 71.3 Å². The Morgan fingerprint density at radius 2 is 2.42 bits per heavy atom. The predicted octanol–water partition coefficient (Wildman–Crippen LogP) is 1.96. The maximum Gasteiger partial charge on any atom is 0.311 e. The SMILES string of the molecule is CNCCC1CCCCN1c1ncccc1[N+](=O)[O-]. The summed E-state index contributed by atoms with van der Waals surface area (Å²) >= 11 is 0. The molecule has 0 spiro atoms. The lowest BCUT2D eigenvalue weighted by Gasteiger charge is -2.36. The molecule has 0 bridgehead atoms. The molecule has 0 radical (unpaired) electrons. The molecule has 1 fully saturated rings. The van der Waals surface area contributed by atoms with Crippen LogP contribution in [-0.2, 0) is 0 Å². The van der Waals surface area contributed by atoms with E-state index in [2.05, 4.69) is 15.2 Å². The second kappa shape index (κ2) is 6.47. The van der Waals surface area contributed by atoms with Gasteiger partial charge in [0.05, 0.1) is 4.92 Å². The van der Waals surface area contributed by atoms with Gasteiger partial charge in [-0.1, -0.05) is 0 Å². The van der Waals surface area contributed by atoms with Gasteiger partial charge in [-0.05, 0) is 45.3 Å². The molecule has 6 heteroatoms. The van der Waals surface area contributed by atoms with Crippen molar-refractivity contribution >= 4 is 11.5 Å². The van der Waals surface area contributed by atoms with Crippen LogP contribution in [0.1, 0.15) is 25.7 Å². The largest absolute Gasteiger partial charge is 0.348 e.